The van der Waals surface area contributed by atoms with Gasteiger partial charge in [-0.2, -0.15) is 0 Å². The van der Waals surface area contributed by atoms with Gasteiger partial charge in [-0.1, -0.05) is 12.2 Å². The van der Waals surface area contributed by atoms with Crippen molar-refractivity contribution >= 4 is 32.9 Å². The highest BCUT2D eigenvalue weighted by Crippen LogP contribution is 2.15. The lowest BCUT2D eigenvalue weighted by Crippen LogP contribution is -2.28. The molecule has 0 aliphatic carbocycles. The highest BCUT2D eigenvalue weighted by Gasteiger charge is 2.12. The number of anilines is 1. The van der Waals surface area contributed by atoms with Gasteiger partial charge in [0.1, 0.15) is 4.99 Å². The number of hydrogen-bond donors (Lipinski definition) is 2. The molecule has 0 aliphatic heterocycles. The quantitative estimate of drug-likeness (QED) is 0.765. The first kappa shape index (κ1) is 15.9. The van der Waals surface area contributed by atoms with Crippen LogP contribution in [0.25, 0.3) is 0 Å². The highest BCUT2D eigenvalue weighted by molar-refractivity contribution is 7.89. The molecule has 0 saturated carbocycles. The predicted molar refractivity (Wildman–Crippen MR) is 83.0 cm³/mol. The van der Waals surface area contributed by atoms with E-state index in [2.05, 4.69) is 5.32 Å². The Morgan fingerprint density at radius 1 is 1.42 bits per heavy atom. The fraction of sp³-hybridized carbons (Fsp3) is 0.417. The Morgan fingerprint density at radius 2 is 2.05 bits per heavy atom. The molecule has 0 aromatic heterocycles. The minimum Gasteiger partial charge on any atom is -0.389 e. The molecule has 0 unspecified atom stereocenters. The summed E-state index contributed by atoms with van der Waals surface area (Å²) in [6.45, 7) is 2.27. The van der Waals surface area contributed by atoms with E-state index < -0.39 is 10.0 Å². The Morgan fingerprint density at radius 3 is 2.53 bits per heavy atom. The van der Waals surface area contributed by atoms with Crippen LogP contribution in [0.1, 0.15) is 11.1 Å². The number of benzene rings is 1. The second-order valence-electron chi connectivity index (χ2n) is 4.42. The summed E-state index contributed by atoms with van der Waals surface area (Å²) in [6, 6.07) is 5.57. The van der Waals surface area contributed by atoms with Gasteiger partial charge in [0, 0.05) is 31.9 Å². The fourth-order valence-electron chi connectivity index (χ4n) is 1.56. The predicted octanol–water partition coefficient (Wildman–Crippen LogP) is 0.933. The van der Waals surface area contributed by atoms with E-state index in [4.69, 9.17) is 18.0 Å². The molecule has 0 spiro atoms. The number of nitrogens with two attached hydrogens (primary N) is 1. The largest absolute Gasteiger partial charge is 0.389 e. The monoisotopic (exact) mass is 301 g/mol. The average molecular weight is 301 g/mol. The van der Waals surface area contributed by atoms with Gasteiger partial charge in [0.25, 0.3) is 0 Å². The fourth-order valence-corrected chi connectivity index (χ4v) is 2.51. The van der Waals surface area contributed by atoms with Crippen LogP contribution in [-0.2, 0) is 10.0 Å². The molecule has 0 amide bonds. The molecular weight excluding hydrogens is 282 g/mol. The molecule has 5 nitrogen and oxygen atoms in total. The molecule has 1 aromatic carbocycles. The van der Waals surface area contributed by atoms with Crippen LogP contribution < -0.4 is 11.1 Å². The molecule has 0 atom stereocenters. The van der Waals surface area contributed by atoms with Crippen molar-refractivity contribution in [2.75, 3.05) is 31.7 Å². The van der Waals surface area contributed by atoms with Gasteiger partial charge < -0.3 is 11.1 Å². The van der Waals surface area contributed by atoms with Gasteiger partial charge in [0.2, 0.25) is 10.0 Å². The van der Waals surface area contributed by atoms with E-state index in [-0.39, 0.29) is 5.75 Å². The molecule has 1 aromatic rings. The van der Waals surface area contributed by atoms with Crippen molar-refractivity contribution in [1.82, 2.24) is 4.31 Å². The molecule has 0 aliphatic rings. The zero-order valence-corrected chi connectivity index (χ0v) is 12.9. The second-order valence-corrected chi connectivity index (χ2v) is 7.16. The van der Waals surface area contributed by atoms with Crippen molar-refractivity contribution in [1.29, 1.82) is 0 Å². The maximum atomic E-state index is 11.6. The number of nitrogens with zero attached hydrogens (tertiary/aromatic N) is 1. The molecule has 19 heavy (non-hydrogen) atoms. The van der Waals surface area contributed by atoms with E-state index in [9.17, 15) is 8.42 Å². The Balaban J connectivity index is 2.65. The SMILES string of the molecule is Cc1cc(NCCS(=O)(=O)N(C)C)ccc1C(N)=S. The maximum absolute atomic E-state index is 11.6. The van der Waals surface area contributed by atoms with Crippen LogP contribution >= 0.6 is 12.2 Å². The zero-order chi connectivity index (χ0) is 14.6. The normalized spacial score (nSPS) is 11.6. The lowest BCUT2D eigenvalue weighted by Gasteiger charge is -2.13. The Hall–Kier alpha value is -1.18. The molecule has 0 radical (unpaired) electrons. The molecule has 0 heterocycles. The Bertz CT molecular complexity index is 568. The summed E-state index contributed by atoms with van der Waals surface area (Å²) >= 11 is 4.93. The van der Waals surface area contributed by atoms with Gasteiger partial charge in [-0.3, -0.25) is 0 Å². The van der Waals surface area contributed by atoms with Crippen LogP contribution in [-0.4, -0.2) is 44.1 Å². The first-order valence-electron chi connectivity index (χ1n) is 5.78. The van der Waals surface area contributed by atoms with E-state index in [1.54, 1.807) is 0 Å². The van der Waals surface area contributed by atoms with Crippen LogP contribution in [0.15, 0.2) is 18.2 Å². The van der Waals surface area contributed by atoms with E-state index in [0.717, 1.165) is 16.8 Å². The van der Waals surface area contributed by atoms with Crippen molar-refractivity contribution in [2.24, 2.45) is 5.73 Å². The molecule has 106 valence electrons. The van der Waals surface area contributed by atoms with Gasteiger partial charge in [-0.15, -0.1) is 0 Å². The van der Waals surface area contributed by atoms with Gasteiger partial charge >= 0.3 is 0 Å². The summed E-state index contributed by atoms with van der Waals surface area (Å²) in [7, 11) is -0.121. The minimum absolute atomic E-state index is 0.0517. The number of nitrogens with one attached hydrogen (secondary N) is 1. The zero-order valence-electron chi connectivity index (χ0n) is 11.3. The third-order valence-electron chi connectivity index (χ3n) is 2.74. The van der Waals surface area contributed by atoms with Crippen molar-refractivity contribution in [3.8, 4) is 0 Å². The van der Waals surface area contributed by atoms with Gasteiger partial charge in [-0.05, 0) is 30.7 Å². The van der Waals surface area contributed by atoms with Gasteiger partial charge in [-0.25, -0.2) is 12.7 Å². The molecule has 0 saturated heterocycles. The van der Waals surface area contributed by atoms with E-state index >= 15 is 0 Å². The summed E-state index contributed by atoms with van der Waals surface area (Å²) in [5, 5.41) is 3.07. The van der Waals surface area contributed by atoms with Crippen molar-refractivity contribution in [3.05, 3.63) is 29.3 Å². The summed E-state index contributed by atoms with van der Waals surface area (Å²) < 4.78 is 24.4. The van der Waals surface area contributed by atoms with E-state index in [1.165, 1.54) is 18.4 Å². The van der Waals surface area contributed by atoms with Crippen LogP contribution in [0, 0.1) is 6.92 Å². The molecule has 7 heteroatoms. The molecule has 1 rings (SSSR count). The molecule has 0 fully saturated rings. The average Bonchev–Trinajstić information content (AvgIpc) is 2.28. The molecule has 0 bridgehead atoms. The number of hydrogen-bond acceptors (Lipinski definition) is 4. The summed E-state index contributed by atoms with van der Waals surface area (Å²) in [4.78, 5) is 0.360. The van der Waals surface area contributed by atoms with Gasteiger partial charge in [0.15, 0.2) is 0 Å². The number of sulfonamides is 1. The summed E-state index contributed by atoms with van der Waals surface area (Å²) in [5.74, 6) is 0.0517. The van der Waals surface area contributed by atoms with Crippen molar-refractivity contribution in [2.45, 2.75) is 6.92 Å². The Kier molecular flexibility index (Phi) is 5.28. The number of aryl methyl sites for hydroxylation is 1. The highest BCUT2D eigenvalue weighted by atomic mass is 32.2. The smallest absolute Gasteiger partial charge is 0.215 e. The summed E-state index contributed by atoms with van der Waals surface area (Å²) in [5.41, 5.74) is 8.23. The molecule has 3 N–H and O–H groups in total. The summed E-state index contributed by atoms with van der Waals surface area (Å²) in [6.07, 6.45) is 0. The van der Waals surface area contributed by atoms with Crippen LogP contribution in [0.3, 0.4) is 0 Å². The first-order valence-corrected chi connectivity index (χ1v) is 7.80. The van der Waals surface area contributed by atoms with Crippen molar-refractivity contribution in [3.63, 3.8) is 0 Å². The lowest BCUT2D eigenvalue weighted by molar-refractivity contribution is 0.521. The maximum Gasteiger partial charge on any atom is 0.215 e. The third kappa shape index (κ3) is 4.45. The van der Waals surface area contributed by atoms with Crippen LogP contribution in [0.4, 0.5) is 5.69 Å². The number of thiocarbonyl (C=S) groups is 1. The van der Waals surface area contributed by atoms with Crippen LogP contribution in [0.2, 0.25) is 0 Å². The lowest BCUT2D eigenvalue weighted by atomic mass is 10.1. The van der Waals surface area contributed by atoms with E-state index in [0.29, 0.717) is 11.5 Å². The van der Waals surface area contributed by atoms with E-state index in [1.807, 2.05) is 25.1 Å². The second kappa shape index (κ2) is 6.31. The van der Waals surface area contributed by atoms with Crippen molar-refractivity contribution < 1.29 is 8.42 Å². The minimum atomic E-state index is -3.17. The third-order valence-corrected chi connectivity index (χ3v) is 4.79. The topological polar surface area (TPSA) is 75.4 Å². The first-order chi connectivity index (χ1) is 8.74. The molecular formula is C12H19N3O2S2. The van der Waals surface area contributed by atoms with Crippen LogP contribution in [0.5, 0.6) is 0 Å². The number of rotatable bonds is 6. The standard InChI is InChI=1S/C12H19N3O2S2/c1-9-8-10(4-5-11(9)12(13)18)14-6-7-19(16,17)15(2)3/h4-5,8,14H,6-7H2,1-3H3,(H2,13,18). The van der Waals surface area contributed by atoms with Gasteiger partial charge in [0.05, 0.1) is 5.75 Å². The Labute approximate surface area is 119 Å².